The van der Waals surface area contributed by atoms with Crippen LogP contribution < -0.4 is 32.2 Å². The summed E-state index contributed by atoms with van der Waals surface area (Å²) in [5.41, 5.74) is 13.0. The normalized spacial score (nSPS) is 10.1. The summed E-state index contributed by atoms with van der Waals surface area (Å²) >= 11 is 0. The van der Waals surface area contributed by atoms with Crippen LogP contribution in [0.5, 0.6) is 5.75 Å². The number of anilines is 3. The van der Waals surface area contributed by atoms with E-state index in [0.717, 1.165) is 0 Å². The number of ether oxygens (including phenoxy) is 1. The van der Waals surface area contributed by atoms with Crippen molar-refractivity contribution in [2.75, 3.05) is 36.6 Å². The number of nitrogens with two attached hydrogens (primary N) is 2. The van der Waals surface area contributed by atoms with Gasteiger partial charge in [-0.2, -0.15) is 0 Å². The number of carbonyl (C=O) groups excluding carboxylic acids is 2. The Morgan fingerprint density at radius 3 is 2.46 bits per heavy atom. The topological polar surface area (TPSA) is 132 Å². The van der Waals surface area contributed by atoms with Gasteiger partial charge in [0.2, 0.25) is 0 Å². The Kier molecular flexibility index (Phi) is 6.81. The Morgan fingerprint density at radius 2 is 1.81 bits per heavy atom. The van der Waals surface area contributed by atoms with E-state index in [0.29, 0.717) is 47.9 Å². The summed E-state index contributed by atoms with van der Waals surface area (Å²) in [4.78, 5) is 24.4. The Balaban J connectivity index is 2.08. The molecule has 0 aliphatic carbocycles. The lowest BCUT2D eigenvalue weighted by atomic mass is 10.1. The predicted molar refractivity (Wildman–Crippen MR) is 102 cm³/mol. The lowest BCUT2D eigenvalue weighted by molar-refractivity contribution is 0.0950. The second-order valence-corrected chi connectivity index (χ2v) is 5.52. The van der Waals surface area contributed by atoms with Crippen LogP contribution in [0.15, 0.2) is 42.5 Å². The van der Waals surface area contributed by atoms with Gasteiger partial charge in [-0.15, -0.1) is 0 Å². The summed E-state index contributed by atoms with van der Waals surface area (Å²) in [5, 5.41) is 8.11. The Bertz CT molecular complexity index is 779. The third-order valence-corrected chi connectivity index (χ3v) is 3.51. The van der Waals surface area contributed by atoms with E-state index in [1.807, 2.05) is 0 Å². The Labute approximate surface area is 151 Å². The minimum absolute atomic E-state index is 0.296. The van der Waals surface area contributed by atoms with Gasteiger partial charge in [-0.1, -0.05) is 6.07 Å². The lowest BCUT2D eigenvalue weighted by Gasteiger charge is -2.12. The summed E-state index contributed by atoms with van der Waals surface area (Å²) in [6.07, 6.45) is 0.675. The molecule has 2 aromatic carbocycles. The molecule has 0 bridgehead atoms. The average molecular weight is 357 g/mol. The van der Waals surface area contributed by atoms with Gasteiger partial charge in [0.1, 0.15) is 5.75 Å². The second-order valence-electron chi connectivity index (χ2n) is 5.52. The van der Waals surface area contributed by atoms with Gasteiger partial charge in [0.15, 0.2) is 0 Å². The summed E-state index contributed by atoms with van der Waals surface area (Å²) in [5.74, 6) is 0.118. The van der Waals surface area contributed by atoms with Gasteiger partial charge < -0.3 is 32.2 Å². The lowest BCUT2D eigenvalue weighted by Crippen LogP contribution is -2.26. The molecular formula is C18H23N5O3. The van der Waals surface area contributed by atoms with Crippen LogP contribution in [0.25, 0.3) is 0 Å². The molecule has 0 saturated heterocycles. The number of nitrogen functional groups attached to an aromatic ring is 1. The van der Waals surface area contributed by atoms with Crippen molar-refractivity contribution in [3.05, 3.63) is 48.0 Å². The number of rotatable bonds is 7. The standard InChI is InChI=1S/C18H23N5O3/c1-26-16-7-6-14(11-15(16)17(24)21-9-3-8-19)23-18(25)22-13-5-2-4-12(20)10-13/h2,4-7,10-11H,3,8-9,19-20H2,1H3,(H,21,24)(H2,22,23,25). The number of carbonyl (C=O) groups is 2. The van der Waals surface area contributed by atoms with Gasteiger partial charge in [0, 0.05) is 23.6 Å². The third-order valence-electron chi connectivity index (χ3n) is 3.51. The number of hydrogen-bond donors (Lipinski definition) is 5. The van der Waals surface area contributed by atoms with Crippen LogP contribution in [0, 0.1) is 0 Å². The van der Waals surface area contributed by atoms with Gasteiger partial charge in [-0.25, -0.2) is 4.79 Å². The van der Waals surface area contributed by atoms with Crippen molar-refractivity contribution in [2.24, 2.45) is 5.73 Å². The highest BCUT2D eigenvalue weighted by Gasteiger charge is 2.14. The van der Waals surface area contributed by atoms with Crippen molar-refractivity contribution in [3.8, 4) is 5.75 Å². The molecule has 2 aromatic rings. The van der Waals surface area contributed by atoms with E-state index in [9.17, 15) is 9.59 Å². The Hall–Kier alpha value is -3.26. The first-order valence-corrected chi connectivity index (χ1v) is 8.13. The zero-order valence-corrected chi connectivity index (χ0v) is 14.5. The highest BCUT2D eigenvalue weighted by Crippen LogP contribution is 2.23. The van der Waals surface area contributed by atoms with Crippen molar-refractivity contribution in [3.63, 3.8) is 0 Å². The molecule has 26 heavy (non-hydrogen) atoms. The maximum atomic E-state index is 12.3. The van der Waals surface area contributed by atoms with Crippen LogP contribution in [-0.4, -0.2) is 32.1 Å². The second kappa shape index (κ2) is 9.28. The number of urea groups is 1. The van der Waals surface area contributed by atoms with E-state index in [4.69, 9.17) is 16.2 Å². The molecule has 0 heterocycles. The molecule has 0 unspecified atom stereocenters. The van der Waals surface area contributed by atoms with Gasteiger partial charge in [0.25, 0.3) is 5.91 Å². The molecule has 0 spiro atoms. The quantitative estimate of drug-likeness (QED) is 0.382. The van der Waals surface area contributed by atoms with Crippen molar-refractivity contribution in [1.82, 2.24) is 5.32 Å². The fourth-order valence-corrected chi connectivity index (χ4v) is 2.27. The molecule has 8 nitrogen and oxygen atoms in total. The summed E-state index contributed by atoms with van der Waals surface area (Å²) in [6, 6.07) is 11.2. The molecule has 0 aromatic heterocycles. The summed E-state index contributed by atoms with van der Waals surface area (Å²) in [7, 11) is 1.48. The van der Waals surface area contributed by atoms with Crippen LogP contribution in [0.4, 0.5) is 21.9 Å². The minimum atomic E-state index is -0.449. The van der Waals surface area contributed by atoms with E-state index in [-0.39, 0.29) is 5.91 Å². The first-order valence-electron chi connectivity index (χ1n) is 8.13. The van der Waals surface area contributed by atoms with Crippen molar-refractivity contribution in [2.45, 2.75) is 6.42 Å². The minimum Gasteiger partial charge on any atom is -0.496 e. The molecule has 8 heteroatoms. The first kappa shape index (κ1) is 19.1. The molecule has 0 aliphatic rings. The van der Waals surface area contributed by atoms with Crippen LogP contribution in [0.1, 0.15) is 16.8 Å². The van der Waals surface area contributed by atoms with E-state index < -0.39 is 6.03 Å². The fraction of sp³-hybridized carbons (Fsp3) is 0.222. The SMILES string of the molecule is COc1ccc(NC(=O)Nc2cccc(N)c2)cc1C(=O)NCCCN. The zero-order chi connectivity index (χ0) is 18.9. The third kappa shape index (κ3) is 5.38. The van der Waals surface area contributed by atoms with Gasteiger partial charge in [-0.05, 0) is 49.4 Å². The molecular weight excluding hydrogens is 334 g/mol. The molecule has 2 rings (SSSR count). The van der Waals surface area contributed by atoms with Crippen LogP contribution >= 0.6 is 0 Å². The average Bonchev–Trinajstić information content (AvgIpc) is 2.61. The first-order chi connectivity index (χ1) is 12.5. The maximum Gasteiger partial charge on any atom is 0.323 e. The largest absolute Gasteiger partial charge is 0.496 e. The Morgan fingerprint density at radius 1 is 1.08 bits per heavy atom. The monoisotopic (exact) mass is 357 g/mol. The fourth-order valence-electron chi connectivity index (χ4n) is 2.27. The molecule has 7 N–H and O–H groups in total. The zero-order valence-electron chi connectivity index (χ0n) is 14.5. The number of benzene rings is 2. The van der Waals surface area contributed by atoms with Crippen LogP contribution in [-0.2, 0) is 0 Å². The van der Waals surface area contributed by atoms with Crippen molar-refractivity contribution >= 4 is 29.0 Å². The maximum absolute atomic E-state index is 12.3. The van der Waals surface area contributed by atoms with Crippen molar-refractivity contribution in [1.29, 1.82) is 0 Å². The number of hydrogen-bond acceptors (Lipinski definition) is 5. The van der Waals surface area contributed by atoms with E-state index in [1.165, 1.54) is 7.11 Å². The van der Waals surface area contributed by atoms with E-state index in [2.05, 4.69) is 16.0 Å². The summed E-state index contributed by atoms with van der Waals surface area (Å²) in [6.45, 7) is 0.954. The molecule has 0 aliphatic heterocycles. The van der Waals surface area contributed by atoms with Crippen LogP contribution in [0.3, 0.4) is 0 Å². The molecule has 0 atom stereocenters. The molecule has 0 radical (unpaired) electrons. The highest BCUT2D eigenvalue weighted by atomic mass is 16.5. The van der Waals surface area contributed by atoms with Gasteiger partial charge in [-0.3, -0.25) is 4.79 Å². The smallest absolute Gasteiger partial charge is 0.323 e. The van der Waals surface area contributed by atoms with Gasteiger partial charge in [0.05, 0.1) is 12.7 Å². The van der Waals surface area contributed by atoms with E-state index >= 15 is 0 Å². The highest BCUT2D eigenvalue weighted by molar-refractivity contribution is 6.02. The van der Waals surface area contributed by atoms with E-state index in [1.54, 1.807) is 42.5 Å². The molecule has 0 saturated carbocycles. The van der Waals surface area contributed by atoms with Crippen molar-refractivity contribution < 1.29 is 14.3 Å². The molecule has 0 fully saturated rings. The van der Waals surface area contributed by atoms with Crippen LogP contribution in [0.2, 0.25) is 0 Å². The predicted octanol–water partition coefficient (Wildman–Crippen LogP) is 2.00. The number of methoxy groups -OCH3 is 1. The molecule has 138 valence electrons. The van der Waals surface area contributed by atoms with Gasteiger partial charge >= 0.3 is 6.03 Å². The number of nitrogens with one attached hydrogen (secondary N) is 3. The summed E-state index contributed by atoms with van der Waals surface area (Å²) < 4.78 is 5.21. The molecule has 3 amide bonds. The number of amides is 3.